The maximum Gasteiger partial charge on any atom is 0.426 e. The van der Waals surface area contributed by atoms with Crippen LogP contribution in [0.4, 0.5) is 26.3 Å². The van der Waals surface area contributed by atoms with Crippen molar-refractivity contribution in [3.8, 4) is 0 Å². The highest BCUT2D eigenvalue weighted by molar-refractivity contribution is 5.09. The smallest absolute Gasteiger partial charge is 0.374 e. The molecule has 0 aromatic heterocycles. The summed E-state index contributed by atoms with van der Waals surface area (Å²) < 4.78 is 77.5. The van der Waals surface area contributed by atoms with Crippen molar-refractivity contribution in [1.82, 2.24) is 0 Å². The van der Waals surface area contributed by atoms with E-state index in [1.54, 1.807) is 0 Å². The lowest BCUT2D eigenvalue weighted by Crippen LogP contribution is -2.58. The van der Waals surface area contributed by atoms with Crippen LogP contribution < -0.4 is 0 Å². The van der Waals surface area contributed by atoms with Gasteiger partial charge in [0.25, 0.3) is 5.60 Å². The zero-order valence-electron chi connectivity index (χ0n) is 14.5. The van der Waals surface area contributed by atoms with Gasteiger partial charge in [0.2, 0.25) is 0 Å². The second kappa shape index (κ2) is 5.52. The average molecular weight is 360 g/mol. The Morgan fingerprint density at radius 2 is 1.50 bits per heavy atom. The number of hydrogen-bond donors (Lipinski definition) is 1. The van der Waals surface area contributed by atoms with Gasteiger partial charge in [0, 0.05) is 0 Å². The highest BCUT2D eigenvalue weighted by Crippen LogP contribution is 2.67. The van der Waals surface area contributed by atoms with Crippen molar-refractivity contribution in [2.45, 2.75) is 77.8 Å². The molecule has 0 aromatic rings. The van der Waals surface area contributed by atoms with Crippen LogP contribution in [0.3, 0.4) is 0 Å². The van der Waals surface area contributed by atoms with E-state index in [0.717, 1.165) is 6.42 Å². The minimum atomic E-state index is -5.71. The van der Waals surface area contributed by atoms with E-state index in [1.165, 1.54) is 0 Å². The van der Waals surface area contributed by atoms with Crippen molar-refractivity contribution < 1.29 is 31.4 Å². The molecule has 1 N–H and O–H groups in total. The minimum Gasteiger partial charge on any atom is -0.374 e. The number of aliphatic hydroxyl groups is 1. The Morgan fingerprint density at radius 3 is 1.83 bits per heavy atom. The Bertz CT molecular complexity index is 466. The first-order valence-corrected chi connectivity index (χ1v) is 8.45. The van der Waals surface area contributed by atoms with Gasteiger partial charge < -0.3 is 5.11 Å². The topological polar surface area (TPSA) is 20.2 Å². The molecule has 2 aliphatic rings. The number of halogens is 6. The maximum absolute atomic E-state index is 12.9. The molecule has 2 fully saturated rings. The van der Waals surface area contributed by atoms with Crippen molar-refractivity contribution in [3.05, 3.63) is 0 Å². The molecular formula is C17H26F6O. The van der Waals surface area contributed by atoms with E-state index in [4.69, 9.17) is 0 Å². The first kappa shape index (κ1) is 19.9. The van der Waals surface area contributed by atoms with Gasteiger partial charge in [0.05, 0.1) is 0 Å². The van der Waals surface area contributed by atoms with Gasteiger partial charge in [-0.3, -0.25) is 0 Å². The molecular weight excluding hydrogens is 334 g/mol. The highest BCUT2D eigenvalue weighted by Gasteiger charge is 2.72. The number of rotatable bonds is 4. The highest BCUT2D eigenvalue weighted by atomic mass is 19.4. The second-order valence-corrected chi connectivity index (χ2v) is 8.61. The Balaban J connectivity index is 2.19. The summed E-state index contributed by atoms with van der Waals surface area (Å²) >= 11 is 0. The van der Waals surface area contributed by atoms with Gasteiger partial charge in [0.15, 0.2) is 0 Å². The summed E-state index contributed by atoms with van der Waals surface area (Å²) in [6.45, 7) is 8.40. The lowest BCUT2D eigenvalue weighted by Gasteiger charge is -2.49. The third-order valence-corrected chi connectivity index (χ3v) is 7.35. The third kappa shape index (κ3) is 2.74. The van der Waals surface area contributed by atoms with Crippen LogP contribution in [0.15, 0.2) is 0 Å². The van der Waals surface area contributed by atoms with E-state index < -0.39 is 30.3 Å². The molecule has 0 saturated heterocycles. The zero-order chi connectivity index (χ0) is 18.8. The SMILES string of the molecule is CCC(C)(C)C1(C)CC2CC1CC2CC(O)(C(F)(F)F)C(F)(F)F. The molecule has 0 amide bonds. The Labute approximate surface area is 138 Å². The first-order chi connectivity index (χ1) is 10.6. The van der Waals surface area contributed by atoms with E-state index in [-0.39, 0.29) is 22.7 Å². The van der Waals surface area contributed by atoms with E-state index >= 15 is 0 Å². The molecule has 7 heteroatoms. The standard InChI is InChI=1S/C17H26F6O/c1-5-13(2,3)14(4)8-10-6-12(14)7-11(10)9-15(24,16(18,19)20)17(21,22)23/h10-12,24H,5-9H2,1-4H3. The molecule has 2 aliphatic carbocycles. The summed E-state index contributed by atoms with van der Waals surface area (Å²) in [5.74, 6) is -0.792. The van der Waals surface area contributed by atoms with Crippen molar-refractivity contribution in [2.75, 3.05) is 0 Å². The van der Waals surface area contributed by atoms with Crippen LogP contribution >= 0.6 is 0 Å². The molecule has 2 bridgehead atoms. The quantitative estimate of drug-likeness (QED) is 0.636. The van der Waals surface area contributed by atoms with Gasteiger partial charge in [-0.05, 0) is 54.3 Å². The fourth-order valence-electron chi connectivity index (χ4n) is 4.95. The van der Waals surface area contributed by atoms with Crippen molar-refractivity contribution in [1.29, 1.82) is 0 Å². The molecule has 0 radical (unpaired) electrons. The van der Waals surface area contributed by atoms with Crippen molar-refractivity contribution in [2.24, 2.45) is 28.6 Å². The number of alkyl halides is 6. The van der Waals surface area contributed by atoms with Gasteiger partial charge in [-0.1, -0.05) is 34.1 Å². The lowest BCUT2D eigenvalue weighted by molar-refractivity contribution is -0.373. The summed E-state index contributed by atoms with van der Waals surface area (Å²) in [5, 5.41) is 9.46. The van der Waals surface area contributed by atoms with E-state index in [0.29, 0.717) is 19.3 Å². The Morgan fingerprint density at radius 1 is 1.00 bits per heavy atom. The first-order valence-electron chi connectivity index (χ1n) is 8.45. The monoisotopic (exact) mass is 360 g/mol. The molecule has 2 saturated carbocycles. The van der Waals surface area contributed by atoms with Crippen LogP contribution in [0, 0.1) is 28.6 Å². The summed E-state index contributed by atoms with van der Waals surface area (Å²) in [6.07, 6.45) is -10.2. The summed E-state index contributed by atoms with van der Waals surface area (Å²) in [6, 6.07) is 0. The number of hydrogen-bond acceptors (Lipinski definition) is 1. The largest absolute Gasteiger partial charge is 0.426 e. The van der Waals surface area contributed by atoms with Crippen LogP contribution in [0.25, 0.3) is 0 Å². The Kier molecular flexibility index (Phi) is 4.56. The molecule has 1 nitrogen and oxygen atoms in total. The maximum atomic E-state index is 12.9. The van der Waals surface area contributed by atoms with Crippen molar-refractivity contribution >= 4 is 0 Å². The molecule has 0 heterocycles. The van der Waals surface area contributed by atoms with Gasteiger partial charge in [-0.2, -0.15) is 26.3 Å². The molecule has 142 valence electrons. The predicted molar refractivity (Wildman–Crippen MR) is 78.2 cm³/mol. The molecule has 2 rings (SSSR count). The predicted octanol–water partition coefficient (Wildman–Crippen LogP) is 5.72. The second-order valence-electron chi connectivity index (χ2n) is 8.61. The molecule has 4 atom stereocenters. The van der Waals surface area contributed by atoms with Gasteiger partial charge >= 0.3 is 12.4 Å². The normalized spacial score (nSPS) is 34.9. The van der Waals surface area contributed by atoms with Crippen LogP contribution in [0.5, 0.6) is 0 Å². The molecule has 4 unspecified atom stereocenters. The molecule has 0 aromatic carbocycles. The molecule has 0 spiro atoms. The van der Waals surface area contributed by atoms with E-state index in [9.17, 15) is 31.4 Å². The van der Waals surface area contributed by atoms with E-state index in [1.807, 2.05) is 0 Å². The molecule has 0 aliphatic heterocycles. The zero-order valence-corrected chi connectivity index (χ0v) is 14.5. The minimum absolute atomic E-state index is 0.0122. The van der Waals surface area contributed by atoms with Crippen LogP contribution in [-0.2, 0) is 0 Å². The van der Waals surface area contributed by atoms with Crippen LogP contribution in [-0.4, -0.2) is 23.1 Å². The summed E-state index contributed by atoms with van der Waals surface area (Å²) in [7, 11) is 0. The fraction of sp³-hybridized carbons (Fsp3) is 1.00. The van der Waals surface area contributed by atoms with Crippen LogP contribution in [0.1, 0.15) is 59.8 Å². The number of fused-ring (bicyclic) bond motifs is 2. The summed E-state index contributed by atoms with van der Waals surface area (Å²) in [4.78, 5) is 0. The van der Waals surface area contributed by atoms with Gasteiger partial charge in [-0.15, -0.1) is 0 Å². The fourth-order valence-corrected chi connectivity index (χ4v) is 4.95. The van der Waals surface area contributed by atoms with Gasteiger partial charge in [0.1, 0.15) is 0 Å². The summed E-state index contributed by atoms with van der Waals surface area (Å²) in [5.41, 5.74) is -4.69. The van der Waals surface area contributed by atoms with Crippen LogP contribution in [0.2, 0.25) is 0 Å². The molecule has 24 heavy (non-hydrogen) atoms. The lowest BCUT2D eigenvalue weighted by atomic mass is 9.56. The Hall–Kier alpha value is -0.460. The van der Waals surface area contributed by atoms with E-state index in [2.05, 4.69) is 27.7 Å². The average Bonchev–Trinajstić information content (AvgIpc) is 2.93. The van der Waals surface area contributed by atoms with Gasteiger partial charge in [-0.25, -0.2) is 0 Å². The third-order valence-electron chi connectivity index (χ3n) is 7.35. The van der Waals surface area contributed by atoms with Crippen molar-refractivity contribution in [3.63, 3.8) is 0 Å².